The summed E-state index contributed by atoms with van der Waals surface area (Å²) in [4.78, 5) is 16.9. The van der Waals surface area contributed by atoms with Gasteiger partial charge in [-0.3, -0.25) is 4.79 Å². The van der Waals surface area contributed by atoms with E-state index in [0.717, 1.165) is 34.3 Å². The van der Waals surface area contributed by atoms with E-state index in [2.05, 4.69) is 10.3 Å². The summed E-state index contributed by atoms with van der Waals surface area (Å²) in [5, 5.41) is 4.15. The van der Waals surface area contributed by atoms with Crippen molar-refractivity contribution in [3.05, 3.63) is 23.9 Å². The van der Waals surface area contributed by atoms with E-state index in [9.17, 15) is 4.79 Å². The Balaban J connectivity index is 1.48. The van der Waals surface area contributed by atoms with Gasteiger partial charge in [0, 0.05) is 12.2 Å². The van der Waals surface area contributed by atoms with E-state index >= 15 is 0 Å². The summed E-state index contributed by atoms with van der Waals surface area (Å²) in [5.74, 6) is 3.55. The molecule has 2 bridgehead atoms. The number of fused-ring (bicyclic) bond motifs is 5. The summed E-state index contributed by atoms with van der Waals surface area (Å²) in [7, 11) is 0. The smallest absolute Gasteiger partial charge is 0.254 e. The molecule has 3 saturated carbocycles. The van der Waals surface area contributed by atoms with Crippen molar-refractivity contribution in [3.8, 4) is 0 Å². The van der Waals surface area contributed by atoms with Crippen LogP contribution in [-0.4, -0.2) is 23.2 Å². The lowest BCUT2D eigenvalue weighted by atomic mass is 9.79. The minimum Gasteiger partial charge on any atom is -0.349 e. The zero-order valence-electron chi connectivity index (χ0n) is 12.4. The second-order valence-corrected chi connectivity index (χ2v) is 7.59. The number of carbonyl (C=O) groups excluding carboxylic acids is 1. The zero-order chi connectivity index (χ0) is 14.4. The van der Waals surface area contributed by atoms with Crippen LogP contribution in [-0.2, 0) is 0 Å². The highest BCUT2D eigenvalue weighted by atomic mass is 32.2. The Morgan fingerprint density at radius 3 is 3.00 bits per heavy atom. The van der Waals surface area contributed by atoms with Gasteiger partial charge in [0.25, 0.3) is 5.91 Å². The first-order valence-electron chi connectivity index (χ1n) is 8.08. The summed E-state index contributed by atoms with van der Waals surface area (Å²) >= 11 is 1.54. The first-order chi connectivity index (χ1) is 10.3. The second-order valence-electron chi connectivity index (χ2n) is 6.79. The minimum atomic E-state index is 0.0690. The van der Waals surface area contributed by atoms with Gasteiger partial charge in [-0.1, -0.05) is 6.42 Å². The molecule has 1 aromatic rings. The van der Waals surface area contributed by atoms with Crippen LogP contribution < -0.4 is 5.32 Å². The molecular weight excluding hydrogens is 280 g/mol. The Labute approximate surface area is 130 Å². The van der Waals surface area contributed by atoms with Crippen molar-refractivity contribution in [3.63, 3.8) is 0 Å². The van der Waals surface area contributed by atoms with Crippen LogP contribution in [0, 0.1) is 23.7 Å². The molecule has 0 radical (unpaired) electrons. The van der Waals surface area contributed by atoms with E-state index in [0.29, 0.717) is 6.04 Å². The molecule has 5 atom stereocenters. The lowest BCUT2D eigenvalue weighted by Gasteiger charge is -2.32. The van der Waals surface area contributed by atoms with E-state index < -0.39 is 0 Å². The summed E-state index contributed by atoms with van der Waals surface area (Å²) in [6.45, 7) is 0. The molecule has 0 spiro atoms. The molecule has 0 aromatic carbocycles. The molecule has 0 unspecified atom stereocenters. The molecule has 0 aliphatic heterocycles. The molecule has 4 rings (SSSR count). The van der Waals surface area contributed by atoms with Gasteiger partial charge in [-0.05, 0) is 67.7 Å². The number of amides is 1. The average Bonchev–Trinajstić information content (AvgIpc) is 3.19. The third-order valence-electron chi connectivity index (χ3n) is 5.95. The van der Waals surface area contributed by atoms with Gasteiger partial charge in [0.1, 0.15) is 5.03 Å². The number of nitrogens with zero attached hydrogens (tertiary/aromatic N) is 1. The van der Waals surface area contributed by atoms with Gasteiger partial charge in [0.15, 0.2) is 0 Å². The van der Waals surface area contributed by atoms with Crippen LogP contribution in [0.25, 0.3) is 0 Å². The number of nitrogens with one attached hydrogen (secondary N) is 1. The summed E-state index contributed by atoms with van der Waals surface area (Å²) in [6.07, 6.45) is 10.5. The van der Waals surface area contributed by atoms with Crippen molar-refractivity contribution >= 4 is 17.7 Å². The number of rotatable bonds is 3. The summed E-state index contributed by atoms with van der Waals surface area (Å²) < 4.78 is 0. The Kier molecular flexibility index (Phi) is 3.44. The van der Waals surface area contributed by atoms with E-state index in [4.69, 9.17) is 0 Å². The monoisotopic (exact) mass is 302 g/mol. The number of thioether (sulfide) groups is 1. The maximum absolute atomic E-state index is 12.6. The van der Waals surface area contributed by atoms with Gasteiger partial charge in [-0.2, -0.15) is 0 Å². The summed E-state index contributed by atoms with van der Waals surface area (Å²) in [5.41, 5.74) is 0.732. The quantitative estimate of drug-likeness (QED) is 0.871. The number of hydrogen-bond acceptors (Lipinski definition) is 3. The molecule has 3 aliphatic carbocycles. The number of carbonyl (C=O) groups is 1. The van der Waals surface area contributed by atoms with Crippen molar-refractivity contribution < 1.29 is 4.79 Å². The van der Waals surface area contributed by atoms with Crippen LogP contribution in [0.2, 0.25) is 0 Å². The number of hydrogen-bond donors (Lipinski definition) is 1. The molecule has 1 N–H and O–H groups in total. The second kappa shape index (κ2) is 5.31. The first kappa shape index (κ1) is 13.6. The van der Waals surface area contributed by atoms with E-state index in [1.54, 1.807) is 18.0 Å². The van der Waals surface area contributed by atoms with Crippen molar-refractivity contribution in [1.82, 2.24) is 10.3 Å². The first-order valence-corrected chi connectivity index (χ1v) is 9.30. The van der Waals surface area contributed by atoms with Crippen molar-refractivity contribution in [1.29, 1.82) is 0 Å². The molecule has 1 heterocycles. The fourth-order valence-electron chi connectivity index (χ4n) is 5.21. The van der Waals surface area contributed by atoms with Gasteiger partial charge in [0.2, 0.25) is 0 Å². The Hall–Kier alpha value is -1.03. The molecule has 3 aliphatic rings. The van der Waals surface area contributed by atoms with E-state index in [-0.39, 0.29) is 5.91 Å². The van der Waals surface area contributed by atoms with E-state index in [1.165, 1.54) is 32.1 Å². The maximum atomic E-state index is 12.6. The molecule has 0 saturated heterocycles. The van der Waals surface area contributed by atoms with Crippen molar-refractivity contribution in [2.75, 3.05) is 6.26 Å². The summed E-state index contributed by atoms with van der Waals surface area (Å²) in [6, 6.07) is 4.14. The van der Waals surface area contributed by atoms with E-state index in [1.807, 2.05) is 18.4 Å². The third kappa shape index (κ3) is 2.19. The highest BCUT2D eigenvalue weighted by molar-refractivity contribution is 7.98. The van der Waals surface area contributed by atoms with Crippen LogP contribution in [0.15, 0.2) is 23.4 Å². The van der Waals surface area contributed by atoms with Crippen molar-refractivity contribution in [2.24, 2.45) is 23.7 Å². The Morgan fingerprint density at radius 1 is 1.29 bits per heavy atom. The van der Waals surface area contributed by atoms with Gasteiger partial charge >= 0.3 is 0 Å². The molecule has 112 valence electrons. The molecular formula is C17H22N2OS. The van der Waals surface area contributed by atoms with Gasteiger partial charge in [0.05, 0.1) is 5.56 Å². The largest absolute Gasteiger partial charge is 0.349 e. The van der Waals surface area contributed by atoms with Gasteiger partial charge in [-0.25, -0.2) is 4.98 Å². The number of aromatic nitrogens is 1. The normalized spacial score (nSPS) is 36.7. The van der Waals surface area contributed by atoms with Crippen LogP contribution in [0.5, 0.6) is 0 Å². The SMILES string of the molecule is CSc1ncccc1C(=O)N[C@@H]1C[C@H]2C[C@H]1[C@H]1CCC[C@@H]21. The standard InChI is InChI=1S/C17H22N2OS/c1-21-17-13(6-3-7-18-17)16(20)19-15-9-10-8-14(15)12-5-2-4-11(10)12/h3,6-7,10-12,14-15H,2,4-5,8-9H2,1H3,(H,19,20)/t10-,11+,12+,14+,15-/m1/s1. The van der Waals surface area contributed by atoms with Crippen LogP contribution in [0.1, 0.15) is 42.5 Å². The highest BCUT2D eigenvalue weighted by Crippen LogP contribution is 2.58. The molecule has 3 fully saturated rings. The van der Waals surface area contributed by atoms with Crippen LogP contribution >= 0.6 is 11.8 Å². The topological polar surface area (TPSA) is 42.0 Å². The minimum absolute atomic E-state index is 0.0690. The predicted molar refractivity (Wildman–Crippen MR) is 84.3 cm³/mol. The third-order valence-corrected chi connectivity index (χ3v) is 6.67. The fraction of sp³-hybridized carbons (Fsp3) is 0.647. The maximum Gasteiger partial charge on any atom is 0.254 e. The highest BCUT2D eigenvalue weighted by Gasteiger charge is 2.54. The van der Waals surface area contributed by atoms with Crippen LogP contribution in [0.3, 0.4) is 0 Å². The molecule has 1 amide bonds. The lowest BCUT2D eigenvalue weighted by Crippen LogP contribution is -2.42. The lowest BCUT2D eigenvalue weighted by molar-refractivity contribution is 0.0897. The molecule has 4 heteroatoms. The molecule has 3 nitrogen and oxygen atoms in total. The Bertz CT molecular complexity index is 561. The van der Waals surface area contributed by atoms with Gasteiger partial charge < -0.3 is 5.32 Å². The fourth-order valence-corrected chi connectivity index (χ4v) is 5.75. The van der Waals surface area contributed by atoms with Crippen LogP contribution in [0.4, 0.5) is 0 Å². The average molecular weight is 302 g/mol. The number of pyridine rings is 1. The predicted octanol–water partition coefficient (Wildman–Crippen LogP) is 3.36. The van der Waals surface area contributed by atoms with Gasteiger partial charge in [-0.15, -0.1) is 11.8 Å². The molecule has 1 aromatic heterocycles. The Morgan fingerprint density at radius 2 is 2.14 bits per heavy atom. The zero-order valence-corrected chi connectivity index (χ0v) is 13.2. The molecule has 21 heavy (non-hydrogen) atoms. The van der Waals surface area contributed by atoms with Crippen molar-refractivity contribution in [2.45, 2.75) is 43.2 Å².